The lowest BCUT2D eigenvalue weighted by molar-refractivity contribution is -0.140. The third kappa shape index (κ3) is 5.00. The monoisotopic (exact) mass is 453 g/mol. The van der Waals surface area contributed by atoms with Crippen LogP contribution in [0.2, 0.25) is 5.02 Å². The lowest BCUT2D eigenvalue weighted by atomic mass is 10.0. The van der Waals surface area contributed by atoms with E-state index in [1.165, 1.54) is 6.08 Å². The molecule has 2 amide bonds. The first-order chi connectivity index (χ1) is 15.3. The number of carbonyl (C=O) groups is 5. The van der Waals surface area contributed by atoms with Gasteiger partial charge in [-0.25, -0.2) is 4.79 Å². The molecule has 1 aliphatic heterocycles. The zero-order valence-electron chi connectivity index (χ0n) is 17.3. The van der Waals surface area contributed by atoms with Crippen molar-refractivity contribution in [2.24, 2.45) is 0 Å². The number of Topliss-reactive ketones (excluding diaryl/α,β-unsaturated/α-hetero) is 2. The van der Waals surface area contributed by atoms with Crippen molar-refractivity contribution < 1.29 is 28.7 Å². The van der Waals surface area contributed by atoms with Gasteiger partial charge in [-0.05, 0) is 36.8 Å². The van der Waals surface area contributed by atoms with Crippen molar-refractivity contribution in [3.63, 3.8) is 0 Å². The van der Waals surface area contributed by atoms with E-state index in [0.29, 0.717) is 10.6 Å². The summed E-state index contributed by atoms with van der Waals surface area (Å²) in [6.45, 7) is 1.50. The number of hydrogen-bond acceptors (Lipinski definition) is 6. The van der Waals surface area contributed by atoms with Gasteiger partial charge in [-0.2, -0.15) is 0 Å². The van der Waals surface area contributed by atoms with Crippen LogP contribution in [0, 0.1) is 0 Å². The minimum atomic E-state index is -0.856. The number of benzene rings is 2. The number of fused-ring (bicyclic) bond motifs is 1. The standard InChI is InChI=1S/C24H20ClNO6/c1-2-32-24(31)19(13-15-7-3-6-10-20(15)25)21(28)14-16(27)11-12-26-22(29)17-8-4-5-9-18(17)23(26)30/h3-10,13H,2,11-12,14H2,1H3. The van der Waals surface area contributed by atoms with Crippen LogP contribution >= 0.6 is 11.6 Å². The third-order valence-corrected chi connectivity index (χ3v) is 5.20. The van der Waals surface area contributed by atoms with Gasteiger partial charge in [0.25, 0.3) is 11.8 Å². The molecule has 0 unspecified atom stereocenters. The van der Waals surface area contributed by atoms with Crippen LogP contribution in [0.1, 0.15) is 46.0 Å². The van der Waals surface area contributed by atoms with Crippen LogP contribution in [-0.2, 0) is 19.1 Å². The Kier molecular flexibility index (Phi) is 7.33. The summed E-state index contributed by atoms with van der Waals surface area (Å²) in [6, 6.07) is 13.0. The number of nitrogens with zero attached hydrogens (tertiary/aromatic N) is 1. The van der Waals surface area contributed by atoms with E-state index in [1.54, 1.807) is 55.5 Å². The van der Waals surface area contributed by atoms with Crippen LogP contribution in [0.25, 0.3) is 6.08 Å². The molecule has 0 atom stereocenters. The summed E-state index contributed by atoms with van der Waals surface area (Å²) in [4.78, 5) is 63.2. The molecule has 164 valence electrons. The number of imide groups is 1. The quantitative estimate of drug-likeness (QED) is 0.189. The fourth-order valence-electron chi connectivity index (χ4n) is 3.25. The predicted molar refractivity (Wildman–Crippen MR) is 117 cm³/mol. The van der Waals surface area contributed by atoms with Crippen molar-refractivity contribution >= 4 is 47.0 Å². The highest BCUT2D eigenvalue weighted by molar-refractivity contribution is 6.33. The van der Waals surface area contributed by atoms with E-state index in [2.05, 4.69) is 0 Å². The van der Waals surface area contributed by atoms with Gasteiger partial charge in [-0.1, -0.05) is 41.9 Å². The van der Waals surface area contributed by atoms with Gasteiger partial charge in [0.05, 0.1) is 24.2 Å². The lowest BCUT2D eigenvalue weighted by Crippen LogP contribution is -2.32. The minimum Gasteiger partial charge on any atom is -0.462 e. The largest absolute Gasteiger partial charge is 0.462 e. The zero-order valence-corrected chi connectivity index (χ0v) is 18.1. The average Bonchev–Trinajstić information content (AvgIpc) is 3.01. The van der Waals surface area contributed by atoms with E-state index in [1.807, 2.05) is 0 Å². The molecular weight excluding hydrogens is 434 g/mol. The first kappa shape index (κ1) is 23.1. The van der Waals surface area contributed by atoms with Crippen LogP contribution in [-0.4, -0.2) is 47.4 Å². The molecule has 8 heteroatoms. The lowest BCUT2D eigenvalue weighted by Gasteiger charge is -2.13. The first-order valence-electron chi connectivity index (χ1n) is 9.97. The Morgan fingerprint density at radius 2 is 1.56 bits per heavy atom. The maximum atomic E-state index is 12.7. The summed E-state index contributed by atoms with van der Waals surface area (Å²) in [7, 11) is 0. The maximum absolute atomic E-state index is 12.7. The smallest absolute Gasteiger partial charge is 0.341 e. The number of carbonyl (C=O) groups excluding carboxylic acids is 5. The number of ether oxygens (including phenoxy) is 1. The van der Waals surface area contributed by atoms with Gasteiger partial charge in [0, 0.05) is 18.0 Å². The fraction of sp³-hybridized carbons (Fsp3) is 0.208. The van der Waals surface area contributed by atoms with Crippen molar-refractivity contribution in [1.82, 2.24) is 4.90 Å². The topological polar surface area (TPSA) is 97.8 Å². The number of ketones is 2. The third-order valence-electron chi connectivity index (χ3n) is 4.85. The van der Waals surface area contributed by atoms with Crippen molar-refractivity contribution in [1.29, 1.82) is 0 Å². The molecule has 0 aliphatic carbocycles. The molecule has 0 spiro atoms. The van der Waals surface area contributed by atoms with E-state index in [0.717, 1.165) is 4.90 Å². The maximum Gasteiger partial charge on any atom is 0.341 e. The van der Waals surface area contributed by atoms with Gasteiger partial charge in [0.1, 0.15) is 11.4 Å². The Balaban J connectivity index is 1.68. The molecule has 0 saturated heterocycles. The summed E-state index contributed by atoms with van der Waals surface area (Å²) < 4.78 is 4.94. The van der Waals surface area contributed by atoms with E-state index >= 15 is 0 Å². The van der Waals surface area contributed by atoms with Crippen molar-refractivity contribution in [2.45, 2.75) is 19.8 Å². The Morgan fingerprint density at radius 3 is 2.16 bits per heavy atom. The second kappa shape index (κ2) is 10.2. The van der Waals surface area contributed by atoms with Gasteiger partial charge in [0.2, 0.25) is 0 Å². The van der Waals surface area contributed by atoms with Gasteiger partial charge in [-0.3, -0.25) is 24.1 Å². The summed E-state index contributed by atoms with van der Waals surface area (Å²) in [5, 5.41) is 0.332. The molecule has 0 N–H and O–H groups in total. The fourth-order valence-corrected chi connectivity index (χ4v) is 3.44. The zero-order chi connectivity index (χ0) is 23.3. The van der Waals surface area contributed by atoms with Gasteiger partial charge in [0.15, 0.2) is 5.78 Å². The molecule has 1 aliphatic rings. The van der Waals surface area contributed by atoms with Gasteiger partial charge >= 0.3 is 5.97 Å². The predicted octanol–water partition coefficient (Wildman–Crippen LogP) is 3.50. The van der Waals surface area contributed by atoms with Crippen LogP contribution < -0.4 is 0 Å². The molecule has 2 aromatic rings. The highest BCUT2D eigenvalue weighted by atomic mass is 35.5. The number of esters is 1. The van der Waals surface area contributed by atoms with Crippen LogP contribution in [0.15, 0.2) is 54.1 Å². The van der Waals surface area contributed by atoms with E-state index in [4.69, 9.17) is 16.3 Å². The van der Waals surface area contributed by atoms with Crippen LogP contribution in [0.3, 0.4) is 0 Å². The molecule has 0 bridgehead atoms. The Bertz CT molecular complexity index is 1100. The molecule has 32 heavy (non-hydrogen) atoms. The highest BCUT2D eigenvalue weighted by Gasteiger charge is 2.35. The van der Waals surface area contributed by atoms with Gasteiger partial charge in [-0.15, -0.1) is 0 Å². The van der Waals surface area contributed by atoms with Crippen molar-refractivity contribution in [3.8, 4) is 0 Å². The summed E-state index contributed by atoms with van der Waals surface area (Å²) in [5.74, 6) is -3.05. The van der Waals surface area contributed by atoms with Crippen molar-refractivity contribution in [2.75, 3.05) is 13.2 Å². The molecule has 3 rings (SSSR count). The molecule has 1 heterocycles. The molecule has 0 radical (unpaired) electrons. The van der Waals surface area contributed by atoms with E-state index < -0.39 is 35.8 Å². The summed E-state index contributed by atoms with van der Waals surface area (Å²) in [6.07, 6.45) is 0.512. The molecule has 0 aromatic heterocycles. The number of hydrogen-bond donors (Lipinski definition) is 0. The minimum absolute atomic E-state index is 0.0552. The molecule has 0 fully saturated rings. The summed E-state index contributed by atoms with van der Waals surface area (Å²) >= 11 is 6.10. The average molecular weight is 454 g/mol. The molecule has 7 nitrogen and oxygen atoms in total. The molecule has 2 aromatic carbocycles. The number of amides is 2. The summed E-state index contributed by atoms with van der Waals surface area (Å²) in [5.41, 5.74) is 0.708. The Hall–Kier alpha value is -3.58. The van der Waals surface area contributed by atoms with E-state index in [-0.39, 0.29) is 36.3 Å². The van der Waals surface area contributed by atoms with Crippen LogP contribution in [0.4, 0.5) is 0 Å². The first-order valence-corrected chi connectivity index (χ1v) is 10.3. The van der Waals surface area contributed by atoms with Gasteiger partial charge < -0.3 is 4.74 Å². The Labute approximate surface area is 189 Å². The number of halogens is 1. The van der Waals surface area contributed by atoms with Crippen LogP contribution in [0.5, 0.6) is 0 Å². The molecule has 0 saturated carbocycles. The normalized spacial score (nSPS) is 13.2. The molecular formula is C24H20ClNO6. The number of rotatable bonds is 9. The SMILES string of the molecule is CCOC(=O)C(=Cc1ccccc1Cl)C(=O)CC(=O)CCN1C(=O)c2ccccc2C1=O. The second-order valence-electron chi connectivity index (χ2n) is 7.00. The second-order valence-corrected chi connectivity index (χ2v) is 7.40. The Morgan fingerprint density at radius 1 is 0.969 bits per heavy atom. The van der Waals surface area contributed by atoms with Crippen molar-refractivity contribution in [3.05, 3.63) is 75.8 Å². The highest BCUT2D eigenvalue weighted by Crippen LogP contribution is 2.23. The van der Waals surface area contributed by atoms with E-state index in [9.17, 15) is 24.0 Å².